The third kappa shape index (κ3) is 4.27. The number of ether oxygens (including phenoxy) is 1. The summed E-state index contributed by atoms with van der Waals surface area (Å²) in [6.07, 6.45) is 2.26. The molecule has 0 aromatic carbocycles. The Kier molecular flexibility index (Phi) is 5.72. The second-order valence-corrected chi connectivity index (χ2v) is 5.09. The Morgan fingerprint density at radius 1 is 1.42 bits per heavy atom. The van der Waals surface area contributed by atoms with Crippen molar-refractivity contribution in [3.8, 4) is 0 Å². The molecule has 0 saturated carbocycles. The Bertz CT molecular complexity index is 153. The molecule has 12 heavy (non-hydrogen) atoms. The summed E-state index contributed by atoms with van der Waals surface area (Å²) in [5, 5.41) is 0. The molecule has 1 fully saturated rings. The monoisotopic (exact) mass is 283 g/mol. The second kappa shape index (κ2) is 6.68. The van der Waals surface area contributed by atoms with E-state index in [2.05, 4.69) is 21.7 Å². The summed E-state index contributed by atoms with van der Waals surface area (Å²) in [6, 6.07) is 0. The topological polar surface area (TPSA) is 12.5 Å². The van der Waals surface area contributed by atoms with Gasteiger partial charge in [-0.2, -0.15) is 0 Å². The van der Waals surface area contributed by atoms with Crippen molar-refractivity contribution >= 4 is 20.9 Å². The predicted molar refractivity (Wildman–Crippen MR) is 52.4 cm³/mol. The molecule has 3 heteroatoms. The first-order chi connectivity index (χ1) is 5.93. The summed E-state index contributed by atoms with van der Waals surface area (Å²) in [5.74, 6) is 0. The molecule has 0 bridgehead atoms. The summed E-state index contributed by atoms with van der Waals surface area (Å²) in [6.45, 7) is 8.76. The zero-order valence-electron chi connectivity index (χ0n) is 7.24. The number of rotatable bonds is 4. The number of hydrogen-bond donors (Lipinski definition) is 0. The molecule has 0 aromatic heterocycles. The van der Waals surface area contributed by atoms with Gasteiger partial charge in [0.1, 0.15) is 0 Å². The third-order valence-corrected chi connectivity index (χ3v) is 3.29. The van der Waals surface area contributed by atoms with Crippen LogP contribution in [-0.2, 0) is 4.74 Å². The fourth-order valence-electron chi connectivity index (χ4n) is 1.09. The summed E-state index contributed by atoms with van der Waals surface area (Å²) < 4.78 is 9.58. The molecule has 1 aliphatic rings. The van der Waals surface area contributed by atoms with Gasteiger partial charge in [0.25, 0.3) is 0 Å². The summed E-state index contributed by atoms with van der Waals surface area (Å²) >= 11 is -0.0306. The molecule has 0 aromatic rings. The van der Waals surface area contributed by atoms with Gasteiger partial charge in [0.05, 0.1) is 0 Å². The van der Waals surface area contributed by atoms with E-state index in [1.54, 1.807) is 0 Å². The van der Waals surface area contributed by atoms with Gasteiger partial charge in [0, 0.05) is 0 Å². The first kappa shape index (κ1) is 10.3. The molecular weight excluding hydrogens is 266 g/mol. The Balaban J connectivity index is 2.08. The fraction of sp³-hybridized carbons (Fsp3) is 0.556. The predicted octanol–water partition coefficient (Wildman–Crippen LogP) is 0.680. The zero-order chi connectivity index (χ0) is 8.65. The van der Waals surface area contributed by atoms with E-state index >= 15 is 0 Å². The summed E-state index contributed by atoms with van der Waals surface area (Å²) in [5.41, 5.74) is 0. The van der Waals surface area contributed by atoms with Crippen LogP contribution in [0, 0.1) is 0 Å². The Morgan fingerprint density at radius 3 is 2.83 bits per heavy atom. The molecule has 68 valence electrons. The molecule has 0 atom stereocenters. The SMILES string of the molecule is C=C[Te]/C=C\CN1CCOCC1. The fourth-order valence-corrected chi connectivity index (χ4v) is 1.97. The van der Waals surface area contributed by atoms with Crippen LogP contribution in [0.5, 0.6) is 0 Å². The zero-order valence-corrected chi connectivity index (χ0v) is 9.57. The van der Waals surface area contributed by atoms with E-state index in [4.69, 9.17) is 4.74 Å². The van der Waals surface area contributed by atoms with E-state index in [1.165, 1.54) is 0 Å². The standard InChI is InChI=1S/C9H15NOTe/c1-2-12-9-3-4-10-5-7-11-8-6-10/h2-3,9H,1,4-8H2/b9-3-. The van der Waals surface area contributed by atoms with E-state index in [1.807, 2.05) is 4.12 Å². The van der Waals surface area contributed by atoms with Crippen molar-refractivity contribution < 1.29 is 4.74 Å². The number of morpholine rings is 1. The van der Waals surface area contributed by atoms with Gasteiger partial charge in [-0.3, -0.25) is 0 Å². The van der Waals surface area contributed by atoms with Crippen molar-refractivity contribution in [1.82, 2.24) is 4.90 Å². The van der Waals surface area contributed by atoms with E-state index in [0.717, 1.165) is 32.8 Å². The van der Waals surface area contributed by atoms with E-state index < -0.39 is 0 Å². The van der Waals surface area contributed by atoms with Crippen LogP contribution in [0.2, 0.25) is 0 Å². The summed E-state index contributed by atoms with van der Waals surface area (Å²) in [4.78, 5) is 2.41. The Labute approximate surface area is 84.4 Å². The van der Waals surface area contributed by atoms with E-state index in [9.17, 15) is 0 Å². The van der Waals surface area contributed by atoms with Crippen LogP contribution in [0.1, 0.15) is 0 Å². The normalized spacial score (nSPS) is 20.0. The van der Waals surface area contributed by atoms with Crippen molar-refractivity contribution in [3.63, 3.8) is 0 Å². The third-order valence-electron chi connectivity index (χ3n) is 1.74. The van der Waals surface area contributed by atoms with Crippen LogP contribution in [0.15, 0.2) is 20.9 Å². The minimum atomic E-state index is -0.0306. The van der Waals surface area contributed by atoms with Crippen LogP contribution < -0.4 is 0 Å². The van der Waals surface area contributed by atoms with Crippen LogP contribution in [0.25, 0.3) is 0 Å². The van der Waals surface area contributed by atoms with Gasteiger partial charge >= 0.3 is 84.3 Å². The maximum absolute atomic E-state index is 5.25. The summed E-state index contributed by atoms with van der Waals surface area (Å²) in [7, 11) is 0. The van der Waals surface area contributed by atoms with Crippen LogP contribution >= 0.6 is 0 Å². The second-order valence-electron chi connectivity index (χ2n) is 2.59. The number of nitrogens with zero attached hydrogens (tertiary/aromatic N) is 1. The first-order valence-corrected chi connectivity index (χ1v) is 6.84. The molecule has 1 heterocycles. The quantitative estimate of drug-likeness (QED) is 0.703. The van der Waals surface area contributed by atoms with Gasteiger partial charge in [0.15, 0.2) is 0 Å². The molecule has 0 N–H and O–H groups in total. The average molecular weight is 281 g/mol. The van der Waals surface area contributed by atoms with Crippen LogP contribution in [-0.4, -0.2) is 58.7 Å². The number of hydrogen-bond acceptors (Lipinski definition) is 2. The van der Waals surface area contributed by atoms with Gasteiger partial charge in [-0.15, -0.1) is 0 Å². The Morgan fingerprint density at radius 2 is 2.17 bits per heavy atom. The Hall–Kier alpha value is 0.190. The molecule has 0 radical (unpaired) electrons. The molecule has 1 aliphatic heterocycles. The molecule has 0 amide bonds. The molecular formula is C9H15NOTe. The first-order valence-electron chi connectivity index (χ1n) is 4.15. The van der Waals surface area contributed by atoms with Crippen LogP contribution in [0.4, 0.5) is 0 Å². The molecule has 0 unspecified atom stereocenters. The van der Waals surface area contributed by atoms with E-state index in [-0.39, 0.29) is 20.9 Å². The van der Waals surface area contributed by atoms with Gasteiger partial charge in [-0.1, -0.05) is 0 Å². The van der Waals surface area contributed by atoms with Crippen LogP contribution in [0.3, 0.4) is 0 Å². The van der Waals surface area contributed by atoms with Crippen molar-refractivity contribution in [3.05, 3.63) is 20.9 Å². The minimum absolute atomic E-state index is 0.0306. The molecule has 0 aliphatic carbocycles. The maximum atomic E-state index is 5.25. The van der Waals surface area contributed by atoms with Crippen molar-refractivity contribution in [2.24, 2.45) is 0 Å². The van der Waals surface area contributed by atoms with E-state index in [0.29, 0.717) is 0 Å². The van der Waals surface area contributed by atoms with Gasteiger partial charge in [-0.05, 0) is 0 Å². The van der Waals surface area contributed by atoms with Gasteiger partial charge < -0.3 is 0 Å². The molecule has 1 rings (SSSR count). The average Bonchev–Trinajstić information content (AvgIpc) is 2.14. The van der Waals surface area contributed by atoms with Gasteiger partial charge in [-0.25, -0.2) is 0 Å². The van der Waals surface area contributed by atoms with Crippen molar-refractivity contribution in [2.75, 3.05) is 32.8 Å². The van der Waals surface area contributed by atoms with Crippen molar-refractivity contribution in [1.29, 1.82) is 0 Å². The van der Waals surface area contributed by atoms with Gasteiger partial charge in [0.2, 0.25) is 0 Å². The molecule has 0 spiro atoms. The molecule has 1 saturated heterocycles. The van der Waals surface area contributed by atoms with Crippen molar-refractivity contribution in [2.45, 2.75) is 0 Å². The molecule has 2 nitrogen and oxygen atoms in total.